The molecule has 19 heteroatoms. The van der Waals surface area contributed by atoms with Crippen LogP contribution in [0.4, 0.5) is 0 Å². The van der Waals surface area contributed by atoms with Crippen LogP contribution in [0.2, 0.25) is 0 Å². The molecule has 0 amide bonds. The summed E-state index contributed by atoms with van der Waals surface area (Å²) in [5.41, 5.74) is 0. The second kappa shape index (κ2) is 72.5. The summed E-state index contributed by atoms with van der Waals surface area (Å²) >= 11 is 0. The van der Waals surface area contributed by atoms with Crippen molar-refractivity contribution < 1.29 is 80.2 Å². The van der Waals surface area contributed by atoms with Crippen molar-refractivity contribution >= 4 is 39.5 Å². The van der Waals surface area contributed by atoms with E-state index in [1.54, 1.807) is 0 Å². The maximum absolute atomic E-state index is 13.1. The summed E-state index contributed by atoms with van der Waals surface area (Å²) in [7, 11) is -9.98. The molecule has 0 aromatic rings. The number of aliphatic hydroxyl groups is 1. The van der Waals surface area contributed by atoms with E-state index in [1.807, 2.05) is 0 Å². The fourth-order valence-electron chi connectivity index (χ4n) is 9.80. The van der Waals surface area contributed by atoms with Crippen molar-refractivity contribution in [3.05, 3.63) is 134 Å². The molecule has 0 saturated heterocycles. The highest BCUT2D eigenvalue weighted by molar-refractivity contribution is 7.47. The van der Waals surface area contributed by atoms with Crippen molar-refractivity contribution in [1.29, 1.82) is 0 Å². The minimum absolute atomic E-state index is 0.0671. The molecular formula is C81H136O17P2. The summed E-state index contributed by atoms with van der Waals surface area (Å²) in [4.78, 5) is 72.8. The van der Waals surface area contributed by atoms with Gasteiger partial charge in [0.25, 0.3) is 0 Å². The Hall–Kier alpha value is -4.80. The van der Waals surface area contributed by atoms with Crippen LogP contribution < -0.4 is 0 Å². The first kappa shape index (κ1) is 95.2. The van der Waals surface area contributed by atoms with E-state index in [9.17, 15) is 43.2 Å². The lowest BCUT2D eigenvalue weighted by atomic mass is 10.0. The Morgan fingerprint density at radius 3 is 0.870 bits per heavy atom. The SMILES string of the molecule is CC/C=C\C/C=C\C/C=C\C/C=C\C/C=C\CCCCCC(=O)OCC(COP(=O)(O)OCC(O)COP(=O)(O)OCC(COC(=O)CCCC/C=C\C/C=C\C/C=C\C/C=C\CC)OC(=O)CCCCCCCCCCCCCCC)OC(=O)CCCCCCC/C=C\C/C=C\CCC. The topological polar surface area (TPSA) is 237 Å². The number of esters is 4. The van der Waals surface area contributed by atoms with E-state index in [0.717, 1.165) is 167 Å². The van der Waals surface area contributed by atoms with Crippen molar-refractivity contribution in [1.82, 2.24) is 0 Å². The van der Waals surface area contributed by atoms with Crippen LogP contribution >= 0.6 is 15.6 Å². The highest BCUT2D eigenvalue weighted by atomic mass is 31.2. The van der Waals surface area contributed by atoms with Crippen molar-refractivity contribution in [2.75, 3.05) is 39.6 Å². The molecule has 0 fully saturated rings. The average Bonchev–Trinajstić information content (AvgIpc) is 0.935. The molecule has 0 aliphatic heterocycles. The van der Waals surface area contributed by atoms with Crippen LogP contribution in [0.5, 0.6) is 0 Å². The van der Waals surface area contributed by atoms with Gasteiger partial charge >= 0.3 is 39.5 Å². The van der Waals surface area contributed by atoms with Gasteiger partial charge in [-0.3, -0.25) is 37.3 Å². The van der Waals surface area contributed by atoms with Gasteiger partial charge in [-0.05, 0) is 135 Å². The van der Waals surface area contributed by atoms with Crippen LogP contribution in [-0.2, 0) is 65.4 Å². The molecule has 3 N–H and O–H groups in total. The lowest BCUT2D eigenvalue weighted by Crippen LogP contribution is -2.30. The lowest BCUT2D eigenvalue weighted by molar-refractivity contribution is -0.161. The first-order chi connectivity index (χ1) is 48.7. The molecular weight excluding hydrogens is 1310 g/mol. The number of allylic oxidation sites excluding steroid dienone is 22. The fraction of sp³-hybridized carbons (Fsp3) is 0.679. The zero-order chi connectivity index (χ0) is 73.2. The molecule has 0 aromatic heterocycles. The molecule has 0 spiro atoms. The minimum Gasteiger partial charge on any atom is -0.462 e. The second-order valence-electron chi connectivity index (χ2n) is 25.2. The molecule has 0 heterocycles. The molecule has 17 nitrogen and oxygen atoms in total. The van der Waals surface area contributed by atoms with Gasteiger partial charge in [-0.1, -0.05) is 271 Å². The summed E-state index contributed by atoms with van der Waals surface area (Å²) in [6.07, 6.45) is 80.2. The van der Waals surface area contributed by atoms with E-state index in [4.69, 9.17) is 37.0 Å². The second-order valence-corrected chi connectivity index (χ2v) is 28.1. The highest BCUT2D eigenvalue weighted by Crippen LogP contribution is 2.45. The van der Waals surface area contributed by atoms with Gasteiger partial charge < -0.3 is 33.8 Å². The van der Waals surface area contributed by atoms with Crippen LogP contribution in [-0.4, -0.2) is 96.7 Å². The van der Waals surface area contributed by atoms with E-state index in [2.05, 4.69) is 161 Å². The molecule has 0 aliphatic carbocycles. The van der Waals surface area contributed by atoms with Gasteiger partial charge in [0.15, 0.2) is 12.2 Å². The highest BCUT2D eigenvalue weighted by Gasteiger charge is 2.30. The first-order valence-electron chi connectivity index (χ1n) is 38.4. The molecule has 572 valence electrons. The van der Waals surface area contributed by atoms with Gasteiger partial charge in [0.05, 0.1) is 26.4 Å². The predicted molar refractivity (Wildman–Crippen MR) is 408 cm³/mol. The van der Waals surface area contributed by atoms with Crippen molar-refractivity contribution in [2.24, 2.45) is 0 Å². The third-order valence-electron chi connectivity index (χ3n) is 15.6. The summed E-state index contributed by atoms with van der Waals surface area (Å²) in [5, 5.41) is 10.6. The molecule has 100 heavy (non-hydrogen) atoms. The third kappa shape index (κ3) is 71.6. The van der Waals surface area contributed by atoms with Crippen molar-refractivity contribution in [3.63, 3.8) is 0 Å². The van der Waals surface area contributed by atoms with Gasteiger partial charge in [0.2, 0.25) is 0 Å². The standard InChI is InChI=1S/C81H136O17P2/c1-5-9-13-17-21-25-29-33-35-36-37-38-40-44-46-50-54-58-62-66-79(84)92-72-77(98-81(86)68-64-60-56-52-48-42-32-28-24-20-16-12-8-4)74-96-100(89,90)94-70-75(82)69-93-99(87,88)95-73-76(97-80(85)67-63-59-55-51-47-41-31-27-23-19-15-11-7-3)71-91-78(83)65-61-57-53-49-45-43-39-34-30-26-22-18-14-10-6-2/h9-10,13-14,16,20-22,25-26,28,32-35,37-39,44-46,49,75-77,82H,5-8,11-12,15,17-19,23-24,27,29-31,36,40-43,47-48,50-74H2,1-4H3,(H,87,88)(H,89,90)/b13-9-,14-10-,20-16-,25-21-,26-22-,32-28-,35-33-,38-37-,39-34-,46-44-,49-45-. The number of unbranched alkanes of at least 4 members (excludes halogenated alkanes) is 23. The van der Waals surface area contributed by atoms with Crippen LogP contribution in [0.3, 0.4) is 0 Å². The molecule has 5 atom stereocenters. The van der Waals surface area contributed by atoms with Gasteiger partial charge in [0, 0.05) is 25.7 Å². The predicted octanol–water partition coefficient (Wildman–Crippen LogP) is 22.1. The zero-order valence-electron chi connectivity index (χ0n) is 62.3. The Morgan fingerprint density at radius 1 is 0.290 bits per heavy atom. The Kier molecular flexibility index (Phi) is 69.1. The summed E-state index contributed by atoms with van der Waals surface area (Å²) < 4.78 is 68.4. The number of ether oxygens (including phenoxy) is 4. The molecule has 5 unspecified atom stereocenters. The van der Waals surface area contributed by atoms with E-state index < -0.39 is 97.5 Å². The third-order valence-corrected chi connectivity index (χ3v) is 17.5. The molecule has 0 saturated carbocycles. The zero-order valence-corrected chi connectivity index (χ0v) is 64.1. The Morgan fingerprint density at radius 2 is 0.540 bits per heavy atom. The molecule has 0 aromatic carbocycles. The quantitative estimate of drug-likeness (QED) is 0.0169. The fourth-order valence-corrected chi connectivity index (χ4v) is 11.4. The maximum atomic E-state index is 13.1. The normalized spacial score (nSPS) is 14.7. The van der Waals surface area contributed by atoms with Gasteiger partial charge in [-0.2, -0.15) is 0 Å². The van der Waals surface area contributed by atoms with Crippen LogP contribution in [0.1, 0.15) is 297 Å². The summed E-state index contributed by atoms with van der Waals surface area (Å²) in [5.74, 6) is -2.27. The van der Waals surface area contributed by atoms with Crippen LogP contribution in [0.25, 0.3) is 0 Å². The Bertz CT molecular complexity index is 2420. The van der Waals surface area contributed by atoms with Crippen molar-refractivity contribution in [2.45, 2.75) is 316 Å². The largest absolute Gasteiger partial charge is 0.472 e. The lowest BCUT2D eigenvalue weighted by Gasteiger charge is -2.21. The number of phosphoric acid groups is 2. The number of phosphoric ester groups is 2. The van der Waals surface area contributed by atoms with E-state index >= 15 is 0 Å². The Labute approximate surface area is 605 Å². The van der Waals surface area contributed by atoms with Gasteiger partial charge in [-0.25, -0.2) is 9.13 Å². The van der Waals surface area contributed by atoms with Crippen molar-refractivity contribution in [3.8, 4) is 0 Å². The number of rotatable bonds is 71. The van der Waals surface area contributed by atoms with Crippen LogP contribution in [0.15, 0.2) is 134 Å². The average molecular weight is 1440 g/mol. The number of carbonyl (C=O) groups is 4. The minimum atomic E-state index is -4.99. The first-order valence-corrected chi connectivity index (χ1v) is 41.4. The van der Waals surface area contributed by atoms with Gasteiger partial charge in [0.1, 0.15) is 19.3 Å². The molecule has 0 radical (unpaired) electrons. The number of hydrogen-bond donors (Lipinski definition) is 3. The number of hydrogen-bond acceptors (Lipinski definition) is 15. The van der Waals surface area contributed by atoms with Gasteiger partial charge in [-0.15, -0.1) is 0 Å². The van der Waals surface area contributed by atoms with E-state index in [-0.39, 0.29) is 25.7 Å². The summed E-state index contributed by atoms with van der Waals surface area (Å²) in [6.45, 7) is 4.48. The summed E-state index contributed by atoms with van der Waals surface area (Å²) in [6, 6.07) is 0. The maximum Gasteiger partial charge on any atom is 0.472 e. The molecule has 0 rings (SSSR count). The van der Waals surface area contributed by atoms with E-state index in [0.29, 0.717) is 25.7 Å². The smallest absolute Gasteiger partial charge is 0.462 e. The monoisotopic (exact) mass is 1440 g/mol. The number of aliphatic hydroxyl groups excluding tert-OH is 1. The molecule has 0 bridgehead atoms. The Balaban J connectivity index is 5.40. The van der Waals surface area contributed by atoms with E-state index in [1.165, 1.54) is 51.4 Å². The molecule has 0 aliphatic rings. The number of carbonyl (C=O) groups excluding carboxylic acids is 4. The van der Waals surface area contributed by atoms with Crippen LogP contribution in [0, 0.1) is 0 Å².